The van der Waals surface area contributed by atoms with Crippen molar-refractivity contribution >= 4 is 35.4 Å². The van der Waals surface area contributed by atoms with Gasteiger partial charge in [-0.1, -0.05) is 11.8 Å². The summed E-state index contributed by atoms with van der Waals surface area (Å²) in [6.45, 7) is 5.55. The summed E-state index contributed by atoms with van der Waals surface area (Å²) in [5, 5.41) is 3.96. The van der Waals surface area contributed by atoms with E-state index < -0.39 is 5.97 Å². The van der Waals surface area contributed by atoms with Crippen molar-refractivity contribution < 1.29 is 9.63 Å². The number of nitrogens with zero attached hydrogens (tertiary/aromatic N) is 5. The number of carbonyl (C=O) groups excluding carboxylic acids is 1. The zero-order valence-electron chi connectivity index (χ0n) is 12.0. The monoisotopic (exact) mass is 311 g/mol. The summed E-state index contributed by atoms with van der Waals surface area (Å²) in [5.41, 5.74) is 1.08. The molecule has 0 aromatic carbocycles. The van der Waals surface area contributed by atoms with Crippen LogP contribution < -0.4 is 9.74 Å². The van der Waals surface area contributed by atoms with E-state index in [9.17, 15) is 4.79 Å². The number of hydrogen-bond acceptors (Lipinski definition) is 6. The van der Waals surface area contributed by atoms with E-state index in [1.165, 1.54) is 13.1 Å². The fourth-order valence-electron chi connectivity index (χ4n) is 2.35. The largest absolute Gasteiger partial charge is 0.355 e. The van der Waals surface area contributed by atoms with Crippen LogP contribution in [0.2, 0.25) is 0 Å². The zero-order chi connectivity index (χ0) is 14.1. The first-order valence-electron chi connectivity index (χ1n) is 6.78. The molecule has 3 rings (SSSR count). The number of aromatic nitrogens is 4. The molecule has 1 saturated heterocycles. The number of hydrogen-bond donors (Lipinski definition) is 0. The lowest BCUT2D eigenvalue weighted by Crippen LogP contribution is -2.33. The van der Waals surface area contributed by atoms with E-state index in [0.717, 1.165) is 42.5 Å². The molecule has 0 amide bonds. The van der Waals surface area contributed by atoms with E-state index in [-0.39, 0.29) is 12.4 Å². The van der Waals surface area contributed by atoms with Crippen molar-refractivity contribution in [2.45, 2.75) is 26.7 Å². The average molecular weight is 312 g/mol. The van der Waals surface area contributed by atoms with Gasteiger partial charge in [0.2, 0.25) is 5.65 Å². The van der Waals surface area contributed by atoms with Gasteiger partial charge in [-0.05, 0) is 18.8 Å². The predicted molar refractivity (Wildman–Crippen MR) is 80.4 cm³/mol. The van der Waals surface area contributed by atoms with Gasteiger partial charge in [-0.3, -0.25) is 0 Å². The van der Waals surface area contributed by atoms with E-state index in [2.05, 4.69) is 26.9 Å². The third-order valence-corrected chi connectivity index (χ3v) is 3.56. The summed E-state index contributed by atoms with van der Waals surface area (Å²) in [7, 11) is 0. The minimum Gasteiger partial charge on any atom is -0.355 e. The lowest BCUT2D eigenvalue weighted by atomic mass is 9.99. The molecule has 21 heavy (non-hydrogen) atoms. The van der Waals surface area contributed by atoms with Gasteiger partial charge >= 0.3 is 5.97 Å². The SMILES string of the molecule is CC(=O)On1ncc2ncc(N3CCC(C)CC3)nc21.Cl. The summed E-state index contributed by atoms with van der Waals surface area (Å²) in [5.74, 6) is 1.13. The van der Waals surface area contributed by atoms with Gasteiger partial charge in [-0.25, -0.2) is 14.8 Å². The van der Waals surface area contributed by atoms with Crippen LogP contribution in [0.1, 0.15) is 26.7 Å². The van der Waals surface area contributed by atoms with Gasteiger partial charge in [0.1, 0.15) is 11.3 Å². The molecule has 114 valence electrons. The van der Waals surface area contributed by atoms with E-state index in [1.54, 1.807) is 6.20 Å². The molecule has 0 bridgehead atoms. The highest BCUT2D eigenvalue weighted by atomic mass is 35.5. The van der Waals surface area contributed by atoms with Crippen molar-refractivity contribution in [2.24, 2.45) is 5.92 Å². The maximum atomic E-state index is 11.0. The Morgan fingerprint density at radius 1 is 1.33 bits per heavy atom. The Balaban J connectivity index is 0.00000161. The number of halogens is 1. The molecule has 0 N–H and O–H groups in total. The molecule has 1 aliphatic heterocycles. The van der Waals surface area contributed by atoms with E-state index in [4.69, 9.17) is 4.84 Å². The number of rotatable bonds is 2. The fraction of sp³-hybridized carbons (Fsp3) is 0.538. The second-order valence-corrected chi connectivity index (χ2v) is 5.21. The van der Waals surface area contributed by atoms with Crippen molar-refractivity contribution in [2.75, 3.05) is 18.0 Å². The van der Waals surface area contributed by atoms with Crippen molar-refractivity contribution in [1.29, 1.82) is 0 Å². The van der Waals surface area contributed by atoms with Gasteiger partial charge in [0, 0.05) is 20.0 Å². The number of fused-ring (bicyclic) bond motifs is 1. The van der Waals surface area contributed by atoms with Crippen LogP contribution in [0.4, 0.5) is 5.82 Å². The summed E-state index contributed by atoms with van der Waals surface area (Å²) < 4.78 is 0. The van der Waals surface area contributed by atoms with Crippen molar-refractivity contribution in [3.05, 3.63) is 12.4 Å². The van der Waals surface area contributed by atoms with E-state index in [0.29, 0.717) is 11.2 Å². The van der Waals surface area contributed by atoms with Crippen LogP contribution in [0, 0.1) is 5.92 Å². The molecule has 1 aliphatic rings. The topological polar surface area (TPSA) is 73.1 Å². The first-order valence-corrected chi connectivity index (χ1v) is 6.78. The van der Waals surface area contributed by atoms with E-state index >= 15 is 0 Å². The molecular formula is C13H18ClN5O2. The van der Waals surface area contributed by atoms with Crippen molar-refractivity contribution in [1.82, 2.24) is 19.9 Å². The molecule has 0 radical (unpaired) electrons. The molecule has 2 aromatic rings. The average Bonchev–Trinajstić information content (AvgIpc) is 2.81. The van der Waals surface area contributed by atoms with Gasteiger partial charge in [0.25, 0.3) is 0 Å². The molecule has 0 saturated carbocycles. The molecule has 0 unspecified atom stereocenters. The van der Waals surface area contributed by atoms with Gasteiger partial charge in [0.15, 0.2) is 0 Å². The molecule has 0 atom stereocenters. The third-order valence-electron chi connectivity index (χ3n) is 3.56. The smallest absolute Gasteiger partial charge is 0.332 e. The van der Waals surface area contributed by atoms with Crippen LogP contribution >= 0.6 is 12.4 Å². The molecule has 1 fully saturated rings. The Labute approximate surface area is 128 Å². The molecule has 2 aromatic heterocycles. The van der Waals surface area contributed by atoms with Gasteiger partial charge in [-0.15, -0.1) is 17.5 Å². The van der Waals surface area contributed by atoms with Crippen molar-refractivity contribution in [3.63, 3.8) is 0 Å². The molecular weight excluding hydrogens is 294 g/mol. The second-order valence-electron chi connectivity index (χ2n) is 5.21. The zero-order valence-corrected chi connectivity index (χ0v) is 12.8. The third kappa shape index (κ3) is 3.24. The highest BCUT2D eigenvalue weighted by Gasteiger charge is 2.18. The maximum Gasteiger partial charge on any atom is 0.332 e. The Bertz CT molecular complexity index is 637. The Morgan fingerprint density at radius 3 is 2.71 bits per heavy atom. The number of carbonyl (C=O) groups is 1. The highest BCUT2D eigenvalue weighted by molar-refractivity contribution is 5.85. The van der Waals surface area contributed by atoms with Crippen LogP contribution in [0.15, 0.2) is 12.4 Å². The van der Waals surface area contributed by atoms with Crippen molar-refractivity contribution in [3.8, 4) is 0 Å². The lowest BCUT2D eigenvalue weighted by Gasteiger charge is -2.30. The van der Waals surface area contributed by atoms with Crippen LogP contribution in [0.3, 0.4) is 0 Å². The standard InChI is InChI=1S/C13H17N5O2.ClH/c1-9-3-5-17(6-4-9)12-8-14-11-7-15-18(13(11)16-12)20-10(2)19;/h7-9H,3-6H2,1-2H3;1H. The van der Waals surface area contributed by atoms with Crippen LogP contribution in [0.25, 0.3) is 11.2 Å². The van der Waals surface area contributed by atoms with Gasteiger partial charge in [-0.2, -0.15) is 0 Å². The Morgan fingerprint density at radius 2 is 2.05 bits per heavy atom. The molecule has 0 spiro atoms. The lowest BCUT2D eigenvalue weighted by molar-refractivity contribution is -0.142. The predicted octanol–water partition coefficient (Wildman–Crippen LogP) is 1.46. The molecule has 7 nitrogen and oxygen atoms in total. The maximum absolute atomic E-state index is 11.0. The fourth-order valence-corrected chi connectivity index (χ4v) is 2.35. The van der Waals surface area contributed by atoms with Gasteiger partial charge in [0.05, 0.1) is 12.4 Å². The summed E-state index contributed by atoms with van der Waals surface area (Å²) in [6, 6.07) is 0. The summed E-state index contributed by atoms with van der Waals surface area (Å²) >= 11 is 0. The minimum absolute atomic E-state index is 0. The first kappa shape index (κ1) is 15.5. The molecule has 3 heterocycles. The first-order chi connectivity index (χ1) is 9.63. The summed E-state index contributed by atoms with van der Waals surface area (Å²) in [4.78, 5) is 28.2. The van der Waals surface area contributed by atoms with Crippen LogP contribution in [-0.2, 0) is 4.79 Å². The second kappa shape index (κ2) is 6.26. The highest BCUT2D eigenvalue weighted by Crippen LogP contribution is 2.22. The van der Waals surface area contributed by atoms with E-state index in [1.807, 2.05) is 0 Å². The minimum atomic E-state index is -0.436. The summed E-state index contributed by atoms with van der Waals surface area (Å²) in [6.07, 6.45) is 5.59. The molecule has 8 heteroatoms. The normalized spacial score (nSPS) is 15.8. The van der Waals surface area contributed by atoms with Crippen LogP contribution in [-0.4, -0.2) is 39.0 Å². The number of anilines is 1. The van der Waals surface area contributed by atoms with Crippen LogP contribution in [0.5, 0.6) is 0 Å². The van der Waals surface area contributed by atoms with Gasteiger partial charge < -0.3 is 9.74 Å². The Kier molecular flexibility index (Phi) is 4.62. The molecule has 0 aliphatic carbocycles. The Hall–Kier alpha value is -1.89. The number of piperidine rings is 1. The quantitative estimate of drug-likeness (QED) is 0.836.